The fourth-order valence-electron chi connectivity index (χ4n) is 6.89. The molecule has 58 heavy (non-hydrogen) atoms. The number of unbranched alkanes of at least 4 members (excludes halogenated alkanes) is 28. The number of hydrogen-bond acceptors (Lipinski definition) is 7. The Kier molecular flexibility index (Phi) is 41.9. The molecule has 0 N–H and O–H groups in total. The van der Waals surface area contributed by atoms with E-state index < -0.39 is 13.9 Å². The Balaban J connectivity index is 4.12. The number of carbonyl (C=O) groups is 1. The van der Waals surface area contributed by atoms with Gasteiger partial charge < -0.3 is 27.9 Å². The topological polar surface area (TPSA) is 94.1 Å². The van der Waals surface area contributed by atoms with Gasteiger partial charge in [0.25, 0.3) is 7.82 Å². The number of allylic oxidation sites excluding steroid dienone is 4. The molecule has 0 rings (SSSR count). The van der Waals surface area contributed by atoms with Crippen LogP contribution in [0, 0.1) is 0 Å². The van der Waals surface area contributed by atoms with Gasteiger partial charge >= 0.3 is 5.97 Å². The molecule has 0 radical (unpaired) electrons. The average molecular weight is 842 g/mol. The lowest BCUT2D eigenvalue weighted by molar-refractivity contribution is -0.870. The third-order valence-corrected chi connectivity index (χ3v) is 11.7. The third kappa shape index (κ3) is 46.1. The Morgan fingerprint density at radius 3 is 1.31 bits per heavy atom. The van der Waals surface area contributed by atoms with Gasteiger partial charge in [-0.2, -0.15) is 0 Å². The van der Waals surface area contributed by atoms with Gasteiger partial charge in [-0.15, -0.1) is 0 Å². The molecule has 0 saturated heterocycles. The average Bonchev–Trinajstić information content (AvgIpc) is 3.18. The van der Waals surface area contributed by atoms with Crippen molar-refractivity contribution in [3.63, 3.8) is 0 Å². The van der Waals surface area contributed by atoms with E-state index in [9.17, 15) is 14.3 Å². The first-order chi connectivity index (χ1) is 28.1. The molecule has 2 unspecified atom stereocenters. The van der Waals surface area contributed by atoms with Gasteiger partial charge in [-0.25, -0.2) is 0 Å². The minimum atomic E-state index is -4.53. The zero-order valence-electron chi connectivity index (χ0n) is 39.0. The number of quaternary nitrogens is 1. The van der Waals surface area contributed by atoms with Crippen LogP contribution in [0.3, 0.4) is 0 Å². The normalized spacial score (nSPS) is 13.8. The van der Waals surface area contributed by atoms with Crippen LogP contribution in [0.4, 0.5) is 0 Å². The van der Waals surface area contributed by atoms with Crippen LogP contribution in [0.25, 0.3) is 0 Å². The number of rotatable bonds is 46. The molecule has 0 aliphatic rings. The molecule has 0 aromatic carbocycles. The molecule has 0 aliphatic carbocycles. The molecule has 0 amide bonds. The van der Waals surface area contributed by atoms with Crippen molar-refractivity contribution < 1.29 is 37.3 Å². The van der Waals surface area contributed by atoms with Crippen molar-refractivity contribution in [1.82, 2.24) is 0 Å². The summed E-state index contributed by atoms with van der Waals surface area (Å²) in [6.45, 7) is 5.42. The quantitative estimate of drug-likeness (QED) is 0.0198. The lowest BCUT2D eigenvalue weighted by atomic mass is 10.1. The van der Waals surface area contributed by atoms with Gasteiger partial charge in [0.05, 0.1) is 34.4 Å². The van der Waals surface area contributed by atoms with Crippen LogP contribution in [-0.2, 0) is 27.9 Å². The molecular formula is C49H96NO7P. The second kappa shape index (κ2) is 42.7. The van der Waals surface area contributed by atoms with Crippen LogP contribution >= 0.6 is 7.82 Å². The summed E-state index contributed by atoms with van der Waals surface area (Å²) in [7, 11) is 1.36. The highest BCUT2D eigenvalue weighted by atomic mass is 31.2. The van der Waals surface area contributed by atoms with E-state index >= 15 is 0 Å². The molecule has 0 spiro atoms. The van der Waals surface area contributed by atoms with Crippen LogP contribution in [-0.4, -0.2) is 70.7 Å². The fraction of sp³-hybridized carbons (Fsp3) is 0.898. The van der Waals surface area contributed by atoms with E-state index in [1.165, 1.54) is 161 Å². The molecule has 0 aromatic rings. The van der Waals surface area contributed by atoms with E-state index in [4.69, 9.17) is 18.5 Å². The van der Waals surface area contributed by atoms with Gasteiger partial charge in [-0.3, -0.25) is 9.36 Å². The van der Waals surface area contributed by atoms with Crippen LogP contribution in [0.2, 0.25) is 0 Å². The summed E-state index contributed by atoms with van der Waals surface area (Å²) in [5.74, 6) is -0.341. The van der Waals surface area contributed by atoms with Gasteiger partial charge in [0, 0.05) is 13.0 Å². The number of phosphoric acid groups is 1. The van der Waals surface area contributed by atoms with E-state index in [1.54, 1.807) is 0 Å². The highest BCUT2D eigenvalue weighted by molar-refractivity contribution is 7.45. The van der Waals surface area contributed by atoms with Crippen molar-refractivity contribution in [3.8, 4) is 0 Å². The maximum Gasteiger partial charge on any atom is 0.306 e. The van der Waals surface area contributed by atoms with Crippen LogP contribution in [0.5, 0.6) is 0 Å². The summed E-state index contributed by atoms with van der Waals surface area (Å²) < 4.78 is 34.7. The lowest BCUT2D eigenvalue weighted by Crippen LogP contribution is -2.37. The highest BCUT2D eigenvalue weighted by Crippen LogP contribution is 2.38. The molecule has 0 heterocycles. The molecule has 0 bridgehead atoms. The highest BCUT2D eigenvalue weighted by Gasteiger charge is 2.20. The summed E-state index contributed by atoms with van der Waals surface area (Å²) >= 11 is 0. The molecule has 0 aliphatic heterocycles. The Morgan fingerprint density at radius 1 is 0.517 bits per heavy atom. The van der Waals surface area contributed by atoms with Gasteiger partial charge in [-0.05, 0) is 64.2 Å². The molecule has 0 aromatic heterocycles. The first kappa shape index (κ1) is 57.0. The molecule has 344 valence electrons. The maximum atomic E-state index is 12.7. The van der Waals surface area contributed by atoms with Crippen molar-refractivity contribution in [2.24, 2.45) is 0 Å². The second-order valence-electron chi connectivity index (χ2n) is 17.8. The summed E-state index contributed by atoms with van der Waals surface area (Å²) in [4.78, 5) is 25.1. The first-order valence-corrected chi connectivity index (χ1v) is 26.0. The maximum absolute atomic E-state index is 12.7. The number of likely N-dealkylation sites (N-methyl/N-ethyl adjacent to an activating group) is 1. The van der Waals surface area contributed by atoms with E-state index in [2.05, 4.69) is 38.2 Å². The van der Waals surface area contributed by atoms with Gasteiger partial charge in [-0.1, -0.05) is 179 Å². The molecule has 0 fully saturated rings. The van der Waals surface area contributed by atoms with Crippen molar-refractivity contribution >= 4 is 13.8 Å². The fourth-order valence-corrected chi connectivity index (χ4v) is 7.62. The molecule has 9 heteroatoms. The lowest BCUT2D eigenvalue weighted by Gasteiger charge is -2.28. The monoisotopic (exact) mass is 842 g/mol. The standard InChI is InChI=1S/C49H96NO7P/c1-6-8-10-12-14-16-18-20-22-23-24-25-26-27-28-29-31-33-35-37-39-41-44-54-46-48(47-56-58(52,53)55-45-43-50(3,4)5)57-49(51)42-40-38-36-34-32-30-21-19-17-15-13-11-9-7-2/h19,21,23-24,48H,6-18,20,22,25-47H2,1-5H3/b21-19-,24-23-. The first-order valence-electron chi connectivity index (χ1n) is 24.6. The smallest absolute Gasteiger partial charge is 0.306 e. The largest absolute Gasteiger partial charge is 0.756 e. The van der Waals surface area contributed by atoms with Gasteiger partial charge in [0.2, 0.25) is 0 Å². The summed E-state index contributed by atoms with van der Waals surface area (Å²) in [5, 5.41) is 0. The van der Waals surface area contributed by atoms with Crippen molar-refractivity contribution in [3.05, 3.63) is 24.3 Å². The van der Waals surface area contributed by atoms with Gasteiger partial charge in [0.1, 0.15) is 19.3 Å². The van der Waals surface area contributed by atoms with E-state index in [-0.39, 0.29) is 25.8 Å². The number of nitrogens with zero attached hydrogens (tertiary/aromatic N) is 1. The third-order valence-electron chi connectivity index (χ3n) is 10.7. The second-order valence-corrected chi connectivity index (χ2v) is 19.2. The van der Waals surface area contributed by atoms with E-state index in [0.29, 0.717) is 24.1 Å². The summed E-state index contributed by atoms with van der Waals surface area (Å²) in [6.07, 6.45) is 49.1. The predicted octanol–water partition coefficient (Wildman–Crippen LogP) is 14.1. The summed E-state index contributed by atoms with van der Waals surface area (Å²) in [5.41, 5.74) is 0. The number of ether oxygens (including phenoxy) is 2. The Bertz CT molecular complexity index is 983. The zero-order chi connectivity index (χ0) is 42.7. The van der Waals surface area contributed by atoms with Crippen molar-refractivity contribution in [2.75, 3.05) is 54.1 Å². The number of hydrogen-bond donors (Lipinski definition) is 0. The van der Waals surface area contributed by atoms with E-state index in [1.807, 2.05) is 21.1 Å². The van der Waals surface area contributed by atoms with Crippen LogP contribution < -0.4 is 4.89 Å². The number of esters is 1. The molecule has 8 nitrogen and oxygen atoms in total. The van der Waals surface area contributed by atoms with Crippen LogP contribution in [0.1, 0.15) is 226 Å². The Morgan fingerprint density at radius 2 is 0.897 bits per heavy atom. The molecule has 0 saturated carbocycles. The number of carbonyl (C=O) groups excluding carboxylic acids is 1. The minimum Gasteiger partial charge on any atom is -0.756 e. The summed E-state index contributed by atoms with van der Waals surface area (Å²) in [6, 6.07) is 0. The SMILES string of the molecule is CCCCCCC/C=C\CCCCCCCC(=O)OC(COCCCCCCCCCCCC/C=C\CCCCCCCCCC)COP(=O)([O-])OCC[N+](C)(C)C. The minimum absolute atomic E-state index is 0.0258. The van der Waals surface area contributed by atoms with E-state index in [0.717, 1.165) is 44.9 Å². The predicted molar refractivity (Wildman–Crippen MR) is 245 cm³/mol. The van der Waals surface area contributed by atoms with Crippen LogP contribution in [0.15, 0.2) is 24.3 Å². The zero-order valence-corrected chi connectivity index (χ0v) is 39.9. The van der Waals surface area contributed by atoms with Gasteiger partial charge in [0.15, 0.2) is 0 Å². The Hall–Kier alpha value is -1.02. The number of phosphoric ester groups is 1. The molecular weight excluding hydrogens is 746 g/mol. The molecule has 2 atom stereocenters. The van der Waals surface area contributed by atoms with Crippen molar-refractivity contribution in [1.29, 1.82) is 0 Å². The Labute approximate surface area is 360 Å². The van der Waals surface area contributed by atoms with Crippen molar-refractivity contribution in [2.45, 2.75) is 232 Å².